The van der Waals surface area contributed by atoms with Gasteiger partial charge in [-0.1, -0.05) is 6.07 Å². The number of anilines is 2. The normalized spacial score (nSPS) is 17.2. The number of aromatic nitrogens is 1. The molecule has 0 unspecified atom stereocenters. The Morgan fingerprint density at radius 1 is 1.09 bits per heavy atom. The van der Waals surface area contributed by atoms with Crippen LogP contribution < -0.4 is 15.0 Å². The predicted octanol–water partition coefficient (Wildman–Crippen LogP) is 4.68. The van der Waals surface area contributed by atoms with Crippen molar-refractivity contribution >= 4 is 34.2 Å². The highest BCUT2D eigenvalue weighted by Crippen LogP contribution is 2.50. The van der Waals surface area contributed by atoms with E-state index < -0.39 is 23.7 Å². The zero-order valence-electron chi connectivity index (χ0n) is 17.5. The van der Waals surface area contributed by atoms with Crippen LogP contribution in [0, 0.1) is 0 Å². The van der Waals surface area contributed by atoms with Crippen LogP contribution in [-0.2, 0) is 11.3 Å². The minimum atomic E-state index is -4.82. The van der Waals surface area contributed by atoms with Gasteiger partial charge in [-0.25, -0.2) is 9.69 Å². The Balaban J connectivity index is 1.47. The number of hydrogen-bond donors (Lipinski definition) is 1. The first-order valence-corrected chi connectivity index (χ1v) is 10.3. The standard InChI is InChI=1S/C23H19F3N4O3/c1-27-17-3-2-4-18-19(17)14(9-12-28-18)13-29-21(32)30(20(31)22(29)10-11-22)15-5-7-16(8-6-15)33-23(24,25)26/h2-9,12,27H,10-11,13H2,1H3. The molecule has 0 atom stereocenters. The van der Waals surface area contributed by atoms with Crippen molar-refractivity contribution in [2.24, 2.45) is 0 Å². The van der Waals surface area contributed by atoms with E-state index in [9.17, 15) is 22.8 Å². The van der Waals surface area contributed by atoms with E-state index >= 15 is 0 Å². The molecular weight excluding hydrogens is 437 g/mol. The summed E-state index contributed by atoms with van der Waals surface area (Å²) in [7, 11) is 1.80. The van der Waals surface area contributed by atoms with Crippen LogP contribution >= 0.6 is 0 Å². The Hall–Kier alpha value is -3.82. The van der Waals surface area contributed by atoms with Gasteiger partial charge in [0.2, 0.25) is 0 Å². The fourth-order valence-electron chi connectivity index (χ4n) is 4.35. The predicted molar refractivity (Wildman–Crippen MR) is 115 cm³/mol. The number of ether oxygens (including phenoxy) is 1. The third-order valence-corrected chi connectivity index (χ3v) is 6.04. The summed E-state index contributed by atoms with van der Waals surface area (Å²) in [5, 5.41) is 4.00. The van der Waals surface area contributed by atoms with E-state index in [0.717, 1.165) is 39.2 Å². The third kappa shape index (κ3) is 3.51. The van der Waals surface area contributed by atoms with Crippen molar-refractivity contribution in [1.82, 2.24) is 9.88 Å². The molecule has 3 amide bonds. The molecular formula is C23H19F3N4O3. The molecule has 0 radical (unpaired) electrons. The molecule has 2 heterocycles. The van der Waals surface area contributed by atoms with Crippen molar-refractivity contribution in [3.05, 3.63) is 60.3 Å². The van der Waals surface area contributed by atoms with Crippen molar-refractivity contribution in [2.45, 2.75) is 31.3 Å². The Morgan fingerprint density at radius 3 is 2.45 bits per heavy atom. The molecule has 1 aliphatic carbocycles. The Bertz CT molecular complexity index is 1250. The maximum absolute atomic E-state index is 13.4. The summed E-state index contributed by atoms with van der Waals surface area (Å²) < 4.78 is 41.2. The molecule has 10 heteroatoms. The van der Waals surface area contributed by atoms with E-state index in [1.54, 1.807) is 18.1 Å². The molecule has 1 spiro atoms. The highest BCUT2D eigenvalue weighted by molar-refractivity contribution is 6.24. The van der Waals surface area contributed by atoms with Crippen LogP contribution in [0.4, 0.5) is 29.3 Å². The fraction of sp³-hybridized carbons (Fsp3) is 0.261. The molecule has 2 aromatic carbocycles. The minimum Gasteiger partial charge on any atom is -0.406 e. The summed E-state index contributed by atoms with van der Waals surface area (Å²) in [4.78, 5) is 33.6. The smallest absolute Gasteiger partial charge is 0.406 e. The second-order valence-electron chi connectivity index (χ2n) is 8.00. The zero-order chi connectivity index (χ0) is 23.4. The van der Waals surface area contributed by atoms with Gasteiger partial charge in [-0.15, -0.1) is 13.2 Å². The summed E-state index contributed by atoms with van der Waals surface area (Å²) in [5.74, 6) is -0.796. The summed E-state index contributed by atoms with van der Waals surface area (Å²) in [6.07, 6.45) is -2.10. The summed E-state index contributed by atoms with van der Waals surface area (Å²) in [6.45, 7) is 0.202. The van der Waals surface area contributed by atoms with Gasteiger partial charge in [0, 0.05) is 30.9 Å². The monoisotopic (exact) mass is 456 g/mol. The highest BCUT2D eigenvalue weighted by atomic mass is 19.4. The number of hydrogen-bond acceptors (Lipinski definition) is 5. The maximum atomic E-state index is 13.4. The molecule has 170 valence electrons. The van der Waals surface area contributed by atoms with E-state index in [1.807, 2.05) is 24.3 Å². The largest absolute Gasteiger partial charge is 0.573 e. The molecule has 5 rings (SSSR count). The third-order valence-electron chi connectivity index (χ3n) is 6.04. The number of carbonyl (C=O) groups is 2. The quantitative estimate of drug-likeness (QED) is 0.565. The first kappa shape index (κ1) is 21.0. The van der Waals surface area contributed by atoms with Crippen LogP contribution in [0.1, 0.15) is 18.4 Å². The van der Waals surface area contributed by atoms with Crippen molar-refractivity contribution in [3.8, 4) is 5.75 Å². The Labute approximate surface area is 186 Å². The molecule has 1 N–H and O–H groups in total. The zero-order valence-corrected chi connectivity index (χ0v) is 17.5. The number of amides is 3. The van der Waals surface area contributed by atoms with Gasteiger partial charge >= 0.3 is 12.4 Å². The topological polar surface area (TPSA) is 74.8 Å². The number of benzene rings is 2. The van der Waals surface area contributed by atoms with E-state index in [4.69, 9.17) is 0 Å². The number of imide groups is 1. The Morgan fingerprint density at radius 2 is 1.82 bits per heavy atom. The number of nitrogens with one attached hydrogen (secondary N) is 1. The molecule has 33 heavy (non-hydrogen) atoms. The fourth-order valence-corrected chi connectivity index (χ4v) is 4.35. The van der Waals surface area contributed by atoms with Gasteiger partial charge in [0.1, 0.15) is 11.3 Å². The van der Waals surface area contributed by atoms with E-state index in [0.29, 0.717) is 12.8 Å². The van der Waals surface area contributed by atoms with Gasteiger partial charge in [0.05, 0.1) is 11.2 Å². The molecule has 1 saturated carbocycles. The second kappa shape index (κ2) is 7.36. The number of urea groups is 1. The number of rotatable bonds is 5. The molecule has 1 aliphatic heterocycles. The number of halogens is 3. The van der Waals surface area contributed by atoms with Crippen molar-refractivity contribution in [3.63, 3.8) is 0 Å². The average molecular weight is 456 g/mol. The lowest BCUT2D eigenvalue weighted by Gasteiger charge is -2.22. The number of pyridine rings is 1. The molecule has 3 aromatic rings. The number of carbonyl (C=O) groups excluding carboxylic acids is 2. The first-order chi connectivity index (χ1) is 15.7. The number of fused-ring (bicyclic) bond motifs is 1. The van der Waals surface area contributed by atoms with Crippen LogP contribution in [0.5, 0.6) is 5.75 Å². The van der Waals surface area contributed by atoms with Crippen LogP contribution in [0.3, 0.4) is 0 Å². The minimum absolute atomic E-state index is 0.198. The van der Waals surface area contributed by atoms with Crippen LogP contribution in [-0.4, -0.2) is 40.8 Å². The van der Waals surface area contributed by atoms with Crippen LogP contribution in [0.25, 0.3) is 10.9 Å². The van der Waals surface area contributed by atoms with Gasteiger partial charge in [0.25, 0.3) is 5.91 Å². The first-order valence-electron chi connectivity index (χ1n) is 10.3. The Kier molecular flexibility index (Phi) is 4.70. The van der Waals surface area contributed by atoms with Crippen LogP contribution in [0.15, 0.2) is 54.7 Å². The van der Waals surface area contributed by atoms with E-state index in [1.165, 1.54) is 12.1 Å². The van der Waals surface area contributed by atoms with Gasteiger partial charge in [0.15, 0.2) is 0 Å². The molecule has 1 saturated heterocycles. The lowest BCUT2D eigenvalue weighted by molar-refractivity contribution is -0.274. The number of alkyl halides is 3. The van der Waals surface area contributed by atoms with E-state index in [2.05, 4.69) is 15.0 Å². The highest BCUT2D eigenvalue weighted by Gasteiger charge is 2.65. The SMILES string of the molecule is CNc1cccc2nccc(CN3C(=O)N(c4ccc(OC(F)(F)F)cc4)C(=O)C34CC4)c12. The van der Waals surface area contributed by atoms with Crippen molar-refractivity contribution < 1.29 is 27.5 Å². The summed E-state index contributed by atoms with van der Waals surface area (Å²) >= 11 is 0. The molecule has 0 bridgehead atoms. The second-order valence-corrected chi connectivity index (χ2v) is 8.00. The van der Waals surface area contributed by atoms with Gasteiger partial charge in [-0.3, -0.25) is 9.78 Å². The van der Waals surface area contributed by atoms with Crippen molar-refractivity contribution in [1.29, 1.82) is 0 Å². The van der Waals surface area contributed by atoms with E-state index in [-0.39, 0.29) is 18.1 Å². The molecule has 2 fully saturated rings. The van der Waals surface area contributed by atoms with Gasteiger partial charge in [-0.05, 0) is 60.9 Å². The number of nitrogens with zero attached hydrogens (tertiary/aromatic N) is 3. The summed E-state index contributed by atoms with van der Waals surface area (Å²) in [6, 6.07) is 11.7. The van der Waals surface area contributed by atoms with Crippen LogP contribution in [0.2, 0.25) is 0 Å². The molecule has 7 nitrogen and oxygen atoms in total. The lowest BCUT2D eigenvalue weighted by Crippen LogP contribution is -2.36. The van der Waals surface area contributed by atoms with Gasteiger partial charge in [-0.2, -0.15) is 0 Å². The summed E-state index contributed by atoms with van der Waals surface area (Å²) in [5.41, 5.74) is 1.73. The molecule has 2 aliphatic rings. The lowest BCUT2D eigenvalue weighted by atomic mass is 10.1. The maximum Gasteiger partial charge on any atom is 0.573 e. The molecule has 1 aromatic heterocycles. The van der Waals surface area contributed by atoms with Crippen molar-refractivity contribution in [2.75, 3.05) is 17.3 Å². The van der Waals surface area contributed by atoms with Gasteiger partial charge < -0.3 is 15.0 Å². The average Bonchev–Trinajstić information content (AvgIpc) is 3.55.